The van der Waals surface area contributed by atoms with Gasteiger partial charge >= 0.3 is 12.4 Å². The molecule has 4 rings (SSSR count). The SMILES string of the molecule is CN=C1NC(=O)SC1=Cc1ccc(OCc2ccc(C(F)(F)F)cc2C(F)(F)F)c(OCc2ccccc2)c1. The third-order valence-corrected chi connectivity index (χ3v) is 6.33. The van der Waals surface area contributed by atoms with E-state index in [4.69, 9.17) is 9.47 Å². The Kier molecular flexibility index (Phi) is 8.24. The highest BCUT2D eigenvalue weighted by Crippen LogP contribution is 2.39. The molecule has 1 aliphatic heterocycles. The van der Waals surface area contributed by atoms with Crippen molar-refractivity contribution in [1.82, 2.24) is 5.32 Å². The Bertz CT molecular complexity index is 1420. The zero-order chi connectivity index (χ0) is 28.2. The van der Waals surface area contributed by atoms with E-state index in [9.17, 15) is 31.1 Å². The minimum absolute atomic E-state index is 0.0717. The van der Waals surface area contributed by atoms with Crippen molar-refractivity contribution in [2.24, 2.45) is 4.99 Å². The van der Waals surface area contributed by atoms with E-state index in [-0.39, 0.29) is 29.4 Å². The summed E-state index contributed by atoms with van der Waals surface area (Å²) in [4.78, 5) is 16.3. The zero-order valence-electron chi connectivity index (χ0n) is 20.2. The fourth-order valence-electron chi connectivity index (χ4n) is 3.63. The maximum Gasteiger partial charge on any atom is 0.416 e. The zero-order valence-corrected chi connectivity index (χ0v) is 21.0. The van der Waals surface area contributed by atoms with Gasteiger partial charge in [-0.3, -0.25) is 9.79 Å². The van der Waals surface area contributed by atoms with Gasteiger partial charge in [0.15, 0.2) is 11.5 Å². The Balaban J connectivity index is 1.64. The number of nitrogens with one attached hydrogen (secondary N) is 1. The minimum atomic E-state index is -5.02. The predicted molar refractivity (Wildman–Crippen MR) is 135 cm³/mol. The van der Waals surface area contributed by atoms with Gasteiger partial charge in [0.1, 0.15) is 19.0 Å². The quantitative estimate of drug-likeness (QED) is 0.298. The van der Waals surface area contributed by atoms with Crippen molar-refractivity contribution in [3.05, 3.63) is 99.5 Å². The van der Waals surface area contributed by atoms with Crippen LogP contribution in [0.2, 0.25) is 0 Å². The van der Waals surface area contributed by atoms with E-state index in [1.807, 2.05) is 30.3 Å². The molecule has 1 aliphatic rings. The molecular weight excluding hydrogens is 546 g/mol. The highest BCUT2D eigenvalue weighted by Gasteiger charge is 2.38. The maximum absolute atomic E-state index is 13.6. The third-order valence-electron chi connectivity index (χ3n) is 5.51. The minimum Gasteiger partial charge on any atom is -0.485 e. The molecule has 0 saturated carbocycles. The molecule has 1 saturated heterocycles. The molecule has 1 amide bonds. The summed E-state index contributed by atoms with van der Waals surface area (Å²) in [6, 6.07) is 15.2. The third kappa shape index (κ3) is 7.14. The molecule has 3 aromatic rings. The summed E-state index contributed by atoms with van der Waals surface area (Å²) in [5.41, 5.74) is -1.90. The van der Waals surface area contributed by atoms with Crippen molar-refractivity contribution in [2.45, 2.75) is 25.6 Å². The van der Waals surface area contributed by atoms with Crippen LogP contribution < -0.4 is 14.8 Å². The number of halogens is 6. The van der Waals surface area contributed by atoms with E-state index in [1.54, 1.807) is 18.2 Å². The van der Waals surface area contributed by atoms with E-state index in [0.717, 1.165) is 23.4 Å². The van der Waals surface area contributed by atoms with Gasteiger partial charge in [-0.15, -0.1) is 0 Å². The number of amides is 1. The van der Waals surface area contributed by atoms with Crippen molar-refractivity contribution < 1.29 is 40.6 Å². The number of nitrogens with zero attached hydrogens (tertiary/aromatic N) is 1. The lowest BCUT2D eigenvalue weighted by molar-refractivity contribution is -0.143. The number of carbonyl (C=O) groups excluding carboxylic acids is 1. The monoisotopic (exact) mass is 566 g/mol. The first-order chi connectivity index (χ1) is 18.4. The molecule has 5 nitrogen and oxygen atoms in total. The fraction of sp³-hybridized carbons (Fsp3) is 0.185. The molecule has 12 heteroatoms. The number of carbonyl (C=O) groups is 1. The Morgan fingerprint density at radius 2 is 1.59 bits per heavy atom. The van der Waals surface area contributed by atoms with Gasteiger partial charge in [0, 0.05) is 12.6 Å². The van der Waals surface area contributed by atoms with Crippen LogP contribution in [0.1, 0.15) is 27.8 Å². The van der Waals surface area contributed by atoms with Gasteiger partial charge in [-0.2, -0.15) is 26.3 Å². The first kappa shape index (κ1) is 28.1. The normalized spacial score (nSPS) is 16.0. The van der Waals surface area contributed by atoms with Crippen LogP contribution in [-0.2, 0) is 25.6 Å². The molecule has 0 atom stereocenters. The van der Waals surface area contributed by atoms with Crippen LogP contribution in [0.3, 0.4) is 0 Å². The number of benzene rings is 3. The van der Waals surface area contributed by atoms with Crippen LogP contribution >= 0.6 is 11.8 Å². The Morgan fingerprint density at radius 1 is 0.872 bits per heavy atom. The van der Waals surface area contributed by atoms with Crippen LogP contribution in [0.5, 0.6) is 11.5 Å². The first-order valence-electron chi connectivity index (χ1n) is 11.3. The molecule has 1 fully saturated rings. The lowest BCUT2D eigenvalue weighted by Crippen LogP contribution is -2.18. The van der Waals surface area contributed by atoms with Gasteiger partial charge in [0.25, 0.3) is 5.24 Å². The molecule has 1 heterocycles. The highest BCUT2D eigenvalue weighted by atomic mass is 32.2. The molecule has 0 aromatic heterocycles. The van der Waals surface area contributed by atoms with E-state index in [2.05, 4.69) is 10.3 Å². The van der Waals surface area contributed by atoms with Crippen molar-refractivity contribution in [2.75, 3.05) is 7.05 Å². The van der Waals surface area contributed by atoms with Crippen molar-refractivity contribution in [3.63, 3.8) is 0 Å². The lowest BCUT2D eigenvalue weighted by atomic mass is 10.0. The second-order valence-corrected chi connectivity index (χ2v) is 9.25. The predicted octanol–water partition coefficient (Wildman–Crippen LogP) is 7.71. The van der Waals surface area contributed by atoms with Gasteiger partial charge in [-0.25, -0.2) is 0 Å². The molecular formula is C27H20F6N2O3S. The summed E-state index contributed by atoms with van der Waals surface area (Å²) >= 11 is 0.949. The summed E-state index contributed by atoms with van der Waals surface area (Å²) in [6.45, 7) is -0.544. The average molecular weight is 567 g/mol. The lowest BCUT2D eigenvalue weighted by Gasteiger charge is -2.18. The molecule has 0 radical (unpaired) electrons. The van der Waals surface area contributed by atoms with E-state index in [1.165, 1.54) is 13.1 Å². The average Bonchev–Trinajstić information content (AvgIpc) is 3.25. The molecule has 0 aliphatic carbocycles. The Morgan fingerprint density at radius 3 is 2.26 bits per heavy atom. The van der Waals surface area contributed by atoms with E-state index >= 15 is 0 Å². The number of hydrogen-bond donors (Lipinski definition) is 1. The van der Waals surface area contributed by atoms with Crippen molar-refractivity contribution >= 4 is 28.9 Å². The molecule has 204 valence electrons. The van der Waals surface area contributed by atoms with Gasteiger partial charge in [-0.1, -0.05) is 42.5 Å². The van der Waals surface area contributed by atoms with Crippen molar-refractivity contribution in [1.29, 1.82) is 0 Å². The number of hydrogen-bond acceptors (Lipinski definition) is 5. The second kappa shape index (κ2) is 11.4. The number of thioether (sulfide) groups is 1. The summed E-state index contributed by atoms with van der Waals surface area (Å²) < 4.78 is 91.3. The fourth-order valence-corrected chi connectivity index (χ4v) is 4.41. The number of rotatable bonds is 7. The molecule has 0 unspecified atom stereocenters. The Hall–Kier alpha value is -3.93. The largest absolute Gasteiger partial charge is 0.485 e. The number of amidine groups is 1. The standard InChI is InChI=1S/C27H20F6N2O3S/c1-34-24-23(39-25(36)35-24)12-17-7-10-21(22(11-17)37-14-16-5-3-2-4-6-16)38-15-18-8-9-19(26(28,29)30)13-20(18)27(31,32)33/h2-13H,14-15H2,1H3,(H,34,35,36). The van der Waals surface area contributed by atoms with Crippen LogP contribution in [0.4, 0.5) is 31.1 Å². The van der Waals surface area contributed by atoms with Gasteiger partial charge in [0.05, 0.1) is 16.0 Å². The summed E-state index contributed by atoms with van der Waals surface area (Å²) in [6.07, 6.45) is -8.27. The van der Waals surface area contributed by atoms with Gasteiger partial charge in [-0.05, 0) is 53.2 Å². The van der Waals surface area contributed by atoms with Crippen LogP contribution in [0, 0.1) is 0 Å². The summed E-state index contributed by atoms with van der Waals surface area (Å²) in [5.74, 6) is 0.656. The smallest absolute Gasteiger partial charge is 0.416 e. The second-order valence-electron chi connectivity index (χ2n) is 8.23. The summed E-state index contributed by atoms with van der Waals surface area (Å²) in [7, 11) is 1.52. The van der Waals surface area contributed by atoms with Crippen LogP contribution in [0.25, 0.3) is 6.08 Å². The van der Waals surface area contributed by atoms with E-state index < -0.39 is 35.6 Å². The van der Waals surface area contributed by atoms with E-state index in [0.29, 0.717) is 22.4 Å². The van der Waals surface area contributed by atoms with Crippen LogP contribution in [0.15, 0.2) is 76.6 Å². The highest BCUT2D eigenvalue weighted by molar-refractivity contribution is 8.18. The van der Waals surface area contributed by atoms with Crippen molar-refractivity contribution in [3.8, 4) is 11.5 Å². The molecule has 0 spiro atoms. The van der Waals surface area contributed by atoms with Gasteiger partial charge < -0.3 is 14.8 Å². The topological polar surface area (TPSA) is 59.9 Å². The first-order valence-corrected chi connectivity index (χ1v) is 12.1. The number of ether oxygens (including phenoxy) is 2. The maximum atomic E-state index is 13.6. The number of alkyl halides is 6. The molecule has 3 aromatic carbocycles. The number of aliphatic imine (C=N–C) groups is 1. The molecule has 1 N–H and O–H groups in total. The molecule has 39 heavy (non-hydrogen) atoms. The Labute approximate surface area is 223 Å². The molecule has 0 bridgehead atoms. The summed E-state index contributed by atoms with van der Waals surface area (Å²) in [5, 5.41) is 2.31. The van der Waals surface area contributed by atoms with Gasteiger partial charge in [0.2, 0.25) is 0 Å². The van der Waals surface area contributed by atoms with Crippen LogP contribution in [-0.4, -0.2) is 18.1 Å².